The number of benzene rings is 1. The molecule has 1 aliphatic rings. The molecule has 0 unspecified atom stereocenters. The van der Waals surface area contributed by atoms with Gasteiger partial charge in [-0.2, -0.15) is 0 Å². The van der Waals surface area contributed by atoms with E-state index in [4.69, 9.17) is 9.47 Å². The third-order valence-corrected chi connectivity index (χ3v) is 2.98. The fourth-order valence-electron chi connectivity index (χ4n) is 1.74. The number of rotatable bonds is 6. The summed E-state index contributed by atoms with van der Waals surface area (Å²) in [4.78, 5) is 23.1. The van der Waals surface area contributed by atoms with Crippen LogP contribution in [0.5, 0.6) is 5.75 Å². The number of anilines is 1. The van der Waals surface area contributed by atoms with Crippen molar-refractivity contribution in [2.24, 2.45) is 0 Å². The predicted octanol–water partition coefficient (Wildman–Crippen LogP) is 1.25. The maximum absolute atomic E-state index is 13.5. The molecule has 1 fully saturated rings. The molecule has 0 radical (unpaired) electrons. The largest absolute Gasteiger partial charge is 0.483 e. The second-order valence-electron chi connectivity index (χ2n) is 4.62. The van der Waals surface area contributed by atoms with E-state index in [-0.39, 0.29) is 17.5 Å². The summed E-state index contributed by atoms with van der Waals surface area (Å²) in [7, 11) is 2.32. The van der Waals surface area contributed by atoms with Crippen molar-refractivity contribution in [1.82, 2.24) is 0 Å². The Bertz CT molecular complexity index is 626. The molecule has 2 rings (SSSR count). The molecule has 8 heteroatoms. The number of ether oxygens (including phenoxy) is 4. The van der Waals surface area contributed by atoms with Crippen molar-refractivity contribution in [3.63, 3.8) is 0 Å². The molecule has 0 spiro atoms. The molecule has 0 atom stereocenters. The van der Waals surface area contributed by atoms with E-state index in [2.05, 4.69) is 14.8 Å². The summed E-state index contributed by atoms with van der Waals surface area (Å²) in [5, 5.41) is 2.64. The monoisotopic (exact) mass is 325 g/mol. The molecule has 1 aromatic rings. The zero-order valence-electron chi connectivity index (χ0n) is 12.6. The third kappa shape index (κ3) is 4.43. The Morgan fingerprint density at radius 2 is 2.04 bits per heavy atom. The summed E-state index contributed by atoms with van der Waals surface area (Å²) in [6.45, 7) is 0.858. The Hall–Kier alpha value is -2.61. The normalized spacial score (nSPS) is 14.7. The SMILES string of the molecule is COC(=O)/C=C(/Nc1cc(F)ccc1OC1COC1)C(=O)OC. The van der Waals surface area contributed by atoms with E-state index in [1.807, 2.05) is 0 Å². The summed E-state index contributed by atoms with van der Waals surface area (Å²) >= 11 is 0. The number of methoxy groups -OCH3 is 2. The lowest BCUT2D eigenvalue weighted by Gasteiger charge is -2.27. The lowest BCUT2D eigenvalue weighted by Crippen LogP contribution is -2.38. The van der Waals surface area contributed by atoms with Crippen LogP contribution in [0.25, 0.3) is 0 Å². The molecule has 7 nitrogen and oxygen atoms in total. The van der Waals surface area contributed by atoms with Crippen LogP contribution >= 0.6 is 0 Å². The van der Waals surface area contributed by atoms with Crippen LogP contribution in [0, 0.1) is 5.82 Å². The Labute approximate surface area is 132 Å². The summed E-state index contributed by atoms with van der Waals surface area (Å²) in [6, 6.07) is 3.79. The van der Waals surface area contributed by atoms with Crippen molar-refractivity contribution >= 4 is 17.6 Å². The maximum Gasteiger partial charge on any atom is 0.354 e. The standard InChI is InChI=1S/C15H16FNO6/c1-20-14(18)6-12(15(19)21-2)17-11-5-9(16)3-4-13(11)23-10-7-22-8-10/h3-6,10,17H,7-8H2,1-2H3/b12-6+. The number of nitrogens with one attached hydrogen (secondary N) is 1. The van der Waals surface area contributed by atoms with E-state index in [9.17, 15) is 14.0 Å². The van der Waals surface area contributed by atoms with Crippen molar-refractivity contribution in [2.45, 2.75) is 6.10 Å². The van der Waals surface area contributed by atoms with Gasteiger partial charge in [-0.05, 0) is 12.1 Å². The zero-order chi connectivity index (χ0) is 16.8. The Morgan fingerprint density at radius 3 is 2.61 bits per heavy atom. The van der Waals surface area contributed by atoms with Crippen LogP contribution in [-0.4, -0.2) is 45.5 Å². The van der Waals surface area contributed by atoms with Crippen molar-refractivity contribution in [3.05, 3.63) is 35.8 Å². The highest BCUT2D eigenvalue weighted by Gasteiger charge is 2.22. The van der Waals surface area contributed by atoms with Gasteiger partial charge in [0.1, 0.15) is 23.4 Å². The molecule has 1 aromatic carbocycles. The smallest absolute Gasteiger partial charge is 0.354 e. The number of halogens is 1. The van der Waals surface area contributed by atoms with Gasteiger partial charge in [-0.1, -0.05) is 0 Å². The molecule has 124 valence electrons. The van der Waals surface area contributed by atoms with Gasteiger partial charge in [-0.25, -0.2) is 14.0 Å². The number of hydrogen-bond acceptors (Lipinski definition) is 7. The lowest BCUT2D eigenvalue weighted by molar-refractivity contribution is -0.138. The first kappa shape index (κ1) is 16.8. The highest BCUT2D eigenvalue weighted by atomic mass is 19.1. The van der Waals surface area contributed by atoms with Gasteiger partial charge in [-0.3, -0.25) is 0 Å². The number of hydrogen-bond donors (Lipinski definition) is 1. The average molecular weight is 325 g/mol. The van der Waals surface area contributed by atoms with E-state index < -0.39 is 17.8 Å². The van der Waals surface area contributed by atoms with Crippen molar-refractivity contribution in [3.8, 4) is 5.75 Å². The van der Waals surface area contributed by atoms with E-state index >= 15 is 0 Å². The fraction of sp³-hybridized carbons (Fsp3) is 0.333. The van der Waals surface area contributed by atoms with E-state index in [1.165, 1.54) is 19.2 Å². The van der Waals surface area contributed by atoms with Crippen LogP contribution < -0.4 is 10.1 Å². The van der Waals surface area contributed by atoms with Crippen molar-refractivity contribution < 1.29 is 32.9 Å². The van der Waals surface area contributed by atoms with Gasteiger partial charge in [0.05, 0.1) is 39.2 Å². The zero-order valence-corrected chi connectivity index (χ0v) is 12.6. The van der Waals surface area contributed by atoms with Gasteiger partial charge >= 0.3 is 11.9 Å². The van der Waals surface area contributed by atoms with Crippen LogP contribution in [0.4, 0.5) is 10.1 Å². The molecular weight excluding hydrogens is 309 g/mol. The van der Waals surface area contributed by atoms with Gasteiger partial charge in [0.25, 0.3) is 0 Å². The average Bonchev–Trinajstić information content (AvgIpc) is 2.50. The second-order valence-corrected chi connectivity index (χ2v) is 4.62. The first-order valence-electron chi connectivity index (χ1n) is 6.72. The highest BCUT2D eigenvalue weighted by molar-refractivity contribution is 5.99. The van der Waals surface area contributed by atoms with Gasteiger partial charge in [-0.15, -0.1) is 0 Å². The van der Waals surface area contributed by atoms with Crippen LogP contribution in [0.3, 0.4) is 0 Å². The maximum atomic E-state index is 13.5. The third-order valence-electron chi connectivity index (χ3n) is 2.98. The summed E-state index contributed by atoms with van der Waals surface area (Å²) in [5.74, 6) is -1.78. The van der Waals surface area contributed by atoms with Crippen molar-refractivity contribution in [1.29, 1.82) is 0 Å². The summed E-state index contributed by atoms with van der Waals surface area (Å²) in [6.07, 6.45) is 0.764. The minimum absolute atomic E-state index is 0.146. The predicted molar refractivity (Wildman–Crippen MR) is 77.4 cm³/mol. The Balaban J connectivity index is 2.26. The van der Waals surface area contributed by atoms with Crippen LogP contribution in [0.1, 0.15) is 0 Å². The van der Waals surface area contributed by atoms with E-state index in [0.29, 0.717) is 19.0 Å². The van der Waals surface area contributed by atoms with Gasteiger partial charge in [0.15, 0.2) is 0 Å². The summed E-state index contributed by atoms with van der Waals surface area (Å²) in [5.41, 5.74) is -0.0305. The minimum atomic E-state index is -0.808. The van der Waals surface area contributed by atoms with Crippen LogP contribution in [-0.2, 0) is 23.8 Å². The first-order valence-corrected chi connectivity index (χ1v) is 6.72. The molecule has 0 amide bonds. The topological polar surface area (TPSA) is 83.1 Å². The van der Waals surface area contributed by atoms with Gasteiger partial charge in [0.2, 0.25) is 0 Å². The molecule has 0 saturated carbocycles. The van der Waals surface area contributed by atoms with E-state index in [0.717, 1.165) is 19.3 Å². The molecule has 0 aromatic heterocycles. The molecule has 1 saturated heterocycles. The molecule has 1 heterocycles. The number of esters is 2. The molecule has 1 aliphatic heterocycles. The van der Waals surface area contributed by atoms with Gasteiger partial charge in [0, 0.05) is 6.07 Å². The molecular formula is C15H16FNO6. The van der Waals surface area contributed by atoms with E-state index in [1.54, 1.807) is 0 Å². The molecule has 0 bridgehead atoms. The Morgan fingerprint density at radius 1 is 1.30 bits per heavy atom. The number of carbonyl (C=O) groups is 2. The molecule has 0 aliphatic carbocycles. The van der Waals surface area contributed by atoms with Crippen LogP contribution in [0.15, 0.2) is 30.0 Å². The van der Waals surface area contributed by atoms with Crippen LogP contribution in [0.2, 0.25) is 0 Å². The minimum Gasteiger partial charge on any atom is -0.483 e. The summed E-state index contributed by atoms with van der Waals surface area (Å²) < 4.78 is 33.2. The second kappa shape index (κ2) is 7.59. The highest BCUT2D eigenvalue weighted by Crippen LogP contribution is 2.29. The molecule has 23 heavy (non-hydrogen) atoms. The van der Waals surface area contributed by atoms with Crippen molar-refractivity contribution in [2.75, 3.05) is 32.8 Å². The number of carbonyl (C=O) groups excluding carboxylic acids is 2. The lowest BCUT2D eigenvalue weighted by atomic mass is 10.2. The first-order chi connectivity index (χ1) is 11.0. The Kier molecular flexibility index (Phi) is 5.53. The van der Waals surface area contributed by atoms with Gasteiger partial charge < -0.3 is 24.3 Å². The molecule has 1 N–H and O–H groups in total. The fourth-order valence-corrected chi connectivity index (χ4v) is 1.74. The quantitative estimate of drug-likeness (QED) is 0.622.